The van der Waals surface area contributed by atoms with E-state index >= 15 is 0 Å². The molecule has 0 aliphatic carbocycles. The largest absolute Gasteiger partial charge is 0.380 e. The summed E-state index contributed by atoms with van der Waals surface area (Å²) in [6, 6.07) is 0. The van der Waals surface area contributed by atoms with Gasteiger partial charge in [0.05, 0.1) is 6.61 Å². The van der Waals surface area contributed by atoms with Gasteiger partial charge in [-0.15, -0.1) is 0 Å². The maximum absolute atomic E-state index is 5.42. The second-order valence-corrected chi connectivity index (χ2v) is 3.82. The number of rotatable bonds is 8. The lowest BCUT2D eigenvalue weighted by Gasteiger charge is -2.07. The van der Waals surface area contributed by atoms with Crippen LogP contribution in [-0.2, 0) is 11.2 Å². The second-order valence-electron chi connectivity index (χ2n) is 3.82. The van der Waals surface area contributed by atoms with E-state index < -0.39 is 0 Å². The molecule has 15 heavy (non-hydrogen) atoms. The molecule has 0 aliphatic rings. The standard InChI is InChI=1S/C10H19N3O2/c1-9(2)7-14-6-5-11-4-3-10-12-8-15-13-10/h8-9,11H,3-7H2,1-2H3. The summed E-state index contributed by atoms with van der Waals surface area (Å²) < 4.78 is 10.0. The van der Waals surface area contributed by atoms with Crippen LogP contribution in [0.25, 0.3) is 0 Å². The first-order valence-electron chi connectivity index (χ1n) is 5.32. The third-order valence-corrected chi connectivity index (χ3v) is 1.81. The van der Waals surface area contributed by atoms with Gasteiger partial charge in [-0.1, -0.05) is 19.0 Å². The molecule has 0 aliphatic heterocycles. The zero-order chi connectivity index (χ0) is 10.9. The van der Waals surface area contributed by atoms with Crippen LogP contribution in [0.15, 0.2) is 10.9 Å². The number of hydrogen-bond acceptors (Lipinski definition) is 5. The van der Waals surface area contributed by atoms with Crippen molar-refractivity contribution in [1.82, 2.24) is 15.5 Å². The van der Waals surface area contributed by atoms with E-state index in [0.717, 1.165) is 38.5 Å². The van der Waals surface area contributed by atoms with Crippen molar-refractivity contribution in [2.24, 2.45) is 5.92 Å². The summed E-state index contributed by atoms with van der Waals surface area (Å²) in [5.74, 6) is 1.34. The molecule has 0 atom stereocenters. The van der Waals surface area contributed by atoms with Gasteiger partial charge in [-0.2, -0.15) is 4.98 Å². The van der Waals surface area contributed by atoms with Gasteiger partial charge in [0.1, 0.15) is 0 Å². The van der Waals surface area contributed by atoms with Gasteiger partial charge in [0.2, 0.25) is 6.39 Å². The molecule has 86 valence electrons. The van der Waals surface area contributed by atoms with Gasteiger partial charge in [0.25, 0.3) is 0 Å². The number of nitrogens with one attached hydrogen (secondary N) is 1. The molecule has 1 heterocycles. The Morgan fingerprint density at radius 1 is 1.47 bits per heavy atom. The molecule has 0 amide bonds. The van der Waals surface area contributed by atoms with E-state index in [9.17, 15) is 0 Å². The second kappa shape index (κ2) is 7.36. The van der Waals surface area contributed by atoms with Crippen LogP contribution >= 0.6 is 0 Å². The Bertz CT molecular complexity index is 237. The highest BCUT2D eigenvalue weighted by atomic mass is 16.5. The smallest absolute Gasteiger partial charge is 0.213 e. The van der Waals surface area contributed by atoms with E-state index in [4.69, 9.17) is 4.74 Å². The monoisotopic (exact) mass is 213 g/mol. The van der Waals surface area contributed by atoms with Crippen molar-refractivity contribution < 1.29 is 9.26 Å². The van der Waals surface area contributed by atoms with E-state index in [-0.39, 0.29) is 0 Å². The molecule has 0 saturated carbocycles. The van der Waals surface area contributed by atoms with Crippen LogP contribution in [0.1, 0.15) is 19.7 Å². The molecule has 0 aromatic carbocycles. The van der Waals surface area contributed by atoms with Crippen LogP contribution in [-0.4, -0.2) is 36.4 Å². The average Bonchev–Trinajstić information content (AvgIpc) is 2.68. The van der Waals surface area contributed by atoms with E-state index in [0.29, 0.717) is 5.92 Å². The normalized spacial score (nSPS) is 11.1. The van der Waals surface area contributed by atoms with Crippen molar-refractivity contribution in [3.8, 4) is 0 Å². The Hall–Kier alpha value is -0.940. The van der Waals surface area contributed by atoms with E-state index in [1.165, 1.54) is 6.39 Å². The van der Waals surface area contributed by atoms with E-state index in [2.05, 4.69) is 33.8 Å². The molecular formula is C10H19N3O2. The van der Waals surface area contributed by atoms with E-state index in [1.54, 1.807) is 0 Å². The highest BCUT2D eigenvalue weighted by Crippen LogP contribution is 1.91. The van der Waals surface area contributed by atoms with Crippen LogP contribution in [0.2, 0.25) is 0 Å². The Morgan fingerprint density at radius 2 is 2.33 bits per heavy atom. The fourth-order valence-electron chi connectivity index (χ4n) is 1.09. The molecule has 0 fully saturated rings. The molecule has 5 nitrogen and oxygen atoms in total. The SMILES string of the molecule is CC(C)COCCNCCc1ncon1. The molecular weight excluding hydrogens is 194 g/mol. The maximum Gasteiger partial charge on any atom is 0.213 e. The molecule has 0 saturated heterocycles. The number of hydrogen-bond donors (Lipinski definition) is 1. The lowest BCUT2D eigenvalue weighted by atomic mass is 10.2. The Kier molecular flexibility index (Phi) is 5.96. The zero-order valence-corrected chi connectivity index (χ0v) is 9.40. The van der Waals surface area contributed by atoms with Crippen molar-refractivity contribution in [3.05, 3.63) is 12.2 Å². The van der Waals surface area contributed by atoms with Gasteiger partial charge in [0, 0.05) is 26.1 Å². The van der Waals surface area contributed by atoms with Crippen molar-refractivity contribution in [1.29, 1.82) is 0 Å². The minimum absolute atomic E-state index is 0.601. The fourth-order valence-corrected chi connectivity index (χ4v) is 1.09. The van der Waals surface area contributed by atoms with Gasteiger partial charge in [-0.3, -0.25) is 0 Å². The van der Waals surface area contributed by atoms with Crippen molar-refractivity contribution in [2.75, 3.05) is 26.3 Å². The third kappa shape index (κ3) is 6.19. The Labute approximate surface area is 90.2 Å². The van der Waals surface area contributed by atoms with Gasteiger partial charge >= 0.3 is 0 Å². The first-order chi connectivity index (χ1) is 7.29. The summed E-state index contributed by atoms with van der Waals surface area (Å²) in [6.45, 7) is 7.58. The molecule has 0 bridgehead atoms. The predicted octanol–water partition coefficient (Wildman–Crippen LogP) is 0.874. The molecule has 0 spiro atoms. The number of nitrogens with zero attached hydrogens (tertiary/aromatic N) is 2. The summed E-state index contributed by atoms with van der Waals surface area (Å²) in [4.78, 5) is 3.92. The summed E-state index contributed by atoms with van der Waals surface area (Å²) in [6.07, 6.45) is 2.14. The van der Waals surface area contributed by atoms with Gasteiger partial charge in [0.15, 0.2) is 5.82 Å². The molecule has 1 aromatic heterocycles. The third-order valence-electron chi connectivity index (χ3n) is 1.81. The first kappa shape index (κ1) is 12.1. The fraction of sp³-hybridized carbons (Fsp3) is 0.800. The average molecular weight is 213 g/mol. The first-order valence-corrected chi connectivity index (χ1v) is 5.32. The summed E-state index contributed by atoms with van der Waals surface area (Å²) in [5, 5.41) is 6.97. The molecule has 1 aromatic rings. The maximum atomic E-state index is 5.42. The topological polar surface area (TPSA) is 60.2 Å². The molecule has 1 N–H and O–H groups in total. The van der Waals surface area contributed by atoms with Crippen LogP contribution < -0.4 is 5.32 Å². The highest BCUT2D eigenvalue weighted by Gasteiger charge is 1.97. The van der Waals surface area contributed by atoms with E-state index in [1.807, 2.05) is 0 Å². The van der Waals surface area contributed by atoms with Gasteiger partial charge in [-0.05, 0) is 5.92 Å². The summed E-state index contributed by atoms with van der Waals surface area (Å²) in [7, 11) is 0. The summed E-state index contributed by atoms with van der Waals surface area (Å²) >= 11 is 0. The number of aromatic nitrogens is 2. The van der Waals surface area contributed by atoms with Gasteiger partial charge in [-0.25, -0.2) is 0 Å². The zero-order valence-electron chi connectivity index (χ0n) is 9.40. The Morgan fingerprint density at radius 3 is 3.00 bits per heavy atom. The molecule has 1 rings (SSSR count). The van der Waals surface area contributed by atoms with Crippen LogP contribution in [0.5, 0.6) is 0 Å². The molecule has 0 unspecified atom stereocenters. The van der Waals surface area contributed by atoms with Crippen LogP contribution in [0.3, 0.4) is 0 Å². The van der Waals surface area contributed by atoms with Crippen molar-refractivity contribution >= 4 is 0 Å². The molecule has 5 heteroatoms. The van der Waals surface area contributed by atoms with Crippen LogP contribution in [0.4, 0.5) is 0 Å². The minimum Gasteiger partial charge on any atom is -0.380 e. The lowest BCUT2D eigenvalue weighted by Crippen LogP contribution is -2.23. The van der Waals surface area contributed by atoms with Crippen LogP contribution in [0, 0.1) is 5.92 Å². The lowest BCUT2D eigenvalue weighted by molar-refractivity contribution is 0.112. The minimum atomic E-state index is 0.601. The number of ether oxygens (including phenoxy) is 1. The van der Waals surface area contributed by atoms with Crippen molar-refractivity contribution in [3.63, 3.8) is 0 Å². The van der Waals surface area contributed by atoms with Gasteiger partial charge < -0.3 is 14.6 Å². The predicted molar refractivity (Wildman–Crippen MR) is 56.5 cm³/mol. The Balaban J connectivity index is 1.85. The quantitative estimate of drug-likeness (QED) is 0.649. The molecule has 0 radical (unpaired) electrons. The van der Waals surface area contributed by atoms with Crippen molar-refractivity contribution in [2.45, 2.75) is 20.3 Å². The summed E-state index contributed by atoms with van der Waals surface area (Å²) in [5.41, 5.74) is 0. The highest BCUT2D eigenvalue weighted by molar-refractivity contribution is 4.78.